The Bertz CT molecular complexity index is 340. The molecule has 0 bridgehead atoms. The van der Waals surface area contributed by atoms with E-state index in [9.17, 15) is 9.59 Å². The predicted octanol–water partition coefficient (Wildman–Crippen LogP) is 0.455. The maximum Gasteiger partial charge on any atom is 0.246 e. The first-order valence-corrected chi connectivity index (χ1v) is 7.34. The topological polar surface area (TPSA) is 52.7 Å². The summed E-state index contributed by atoms with van der Waals surface area (Å²) < 4.78 is 0. The third-order valence-electron chi connectivity index (χ3n) is 4.11. The van der Waals surface area contributed by atoms with E-state index in [2.05, 4.69) is 17.1 Å². The highest BCUT2D eigenvalue weighted by Gasteiger charge is 2.35. The van der Waals surface area contributed by atoms with Gasteiger partial charge >= 0.3 is 0 Å². The maximum absolute atomic E-state index is 11.8. The Hall–Kier alpha value is -0.940. The van der Waals surface area contributed by atoms with Crippen molar-refractivity contribution in [3.8, 4) is 0 Å². The smallest absolute Gasteiger partial charge is 0.246 e. The number of amides is 2. The number of piperidine rings is 1. The van der Waals surface area contributed by atoms with Crippen molar-refractivity contribution in [2.24, 2.45) is 5.92 Å². The molecule has 1 N–H and O–H groups in total. The van der Waals surface area contributed by atoms with Gasteiger partial charge in [0.05, 0.1) is 12.5 Å². The maximum atomic E-state index is 11.8. The number of rotatable bonds is 5. The second-order valence-electron chi connectivity index (χ2n) is 5.92. The molecule has 19 heavy (non-hydrogen) atoms. The molecular weight excluding hydrogens is 242 g/mol. The van der Waals surface area contributed by atoms with Crippen LogP contribution in [0.5, 0.6) is 0 Å². The molecule has 2 aliphatic rings. The summed E-state index contributed by atoms with van der Waals surface area (Å²) in [5.41, 5.74) is 0. The minimum absolute atomic E-state index is 0.0776. The molecule has 2 rings (SSSR count). The van der Waals surface area contributed by atoms with Crippen LogP contribution >= 0.6 is 0 Å². The summed E-state index contributed by atoms with van der Waals surface area (Å²) in [6.45, 7) is 6.49. The van der Waals surface area contributed by atoms with Gasteiger partial charge in [-0.3, -0.25) is 14.5 Å². The predicted molar refractivity (Wildman–Crippen MR) is 73.6 cm³/mol. The fraction of sp³-hybridized carbons (Fsp3) is 0.857. The first kappa shape index (κ1) is 14.5. The number of imide groups is 1. The van der Waals surface area contributed by atoms with E-state index in [1.807, 2.05) is 0 Å². The highest BCUT2D eigenvalue weighted by atomic mass is 16.2. The van der Waals surface area contributed by atoms with E-state index < -0.39 is 0 Å². The highest BCUT2D eigenvalue weighted by molar-refractivity contribution is 6.05. The van der Waals surface area contributed by atoms with E-state index >= 15 is 0 Å². The Labute approximate surface area is 115 Å². The standard InChI is InChI=1S/C14H25N3O2/c1-11(10-17-6-4-3-5-7-17)9-15-12-8-13(18)16(2)14(12)19/h11-12,15H,3-10H2,1-2H3. The van der Waals surface area contributed by atoms with Crippen molar-refractivity contribution in [1.29, 1.82) is 0 Å². The molecule has 2 saturated heterocycles. The van der Waals surface area contributed by atoms with Crippen LogP contribution in [-0.4, -0.2) is 60.9 Å². The van der Waals surface area contributed by atoms with E-state index in [4.69, 9.17) is 0 Å². The van der Waals surface area contributed by atoms with Gasteiger partial charge in [0.15, 0.2) is 0 Å². The minimum Gasteiger partial charge on any atom is -0.305 e. The molecule has 0 saturated carbocycles. The van der Waals surface area contributed by atoms with Crippen molar-refractivity contribution < 1.29 is 9.59 Å². The van der Waals surface area contributed by atoms with E-state index in [0.717, 1.165) is 13.1 Å². The lowest BCUT2D eigenvalue weighted by Crippen LogP contribution is -2.42. The number of nitrogens with one attached hydrogen (secondary N) is 1. The van der Waals surface area contributed by atoms with E-state index in [1.54, 1.807) is 7.05 Å². The lowest BCUT2D eigenvalue weighted by atomic mass is 10.1. The van der Waals surface area contributed by atoms with Crippen LogP contribution in [0.1, 0.15) is 32.6 Å². The summed E-state index contributed by atoms with van der Waals surface area (Å²) in [6.07, 6.45) is 4.28. The van der Waals surface area contributed by atoms with Gasteiger partial charge in [-0.1, -0.05) is 13.3 Å². The van der Waals surface area contributed by atoms with E-state index in [1.165, 1.54) is 37.3 Å². The van der Waals surface area contributed by atoms with Crippen LogP contribution in [0, 0.1) is 5.92 Å². The minimum atomic E-state index is -0.304. The van der Waals surface area contributed by atoms with Gasteiger partial charge in [-0.05, 0) is 38.4 Å². The van der Waals surface area contributed by atoms with Gasteiger partial charge in [-0.15, -0.1) is 0 Å². The summed E-state index contributed by atoms with van der Waals surface area (Å²) in [7, 11) is 1.56. The summed E-state index contributed by atoms with van der Waals surface area (Å²) in [5.74, 6) is 0.341. The van der Waals surface area contributed by atoms with Crippen molar-refractivity contribution in [3.05, 3.63) is 0 Å². The van der Waals surface area contributed by atoms with Crippen molar-refractivity contribution in [3.63, 3.8) is 0 Å². The molecule has 2 unspecified atom stereocenters. The van der Waals surface area contributed by atoms with Gasteiger partial charge in [-0.2, -0.15) is 0 Å². The Balaban J connectivity index is 1.70. The number of hydrogen-bond donors (Lipinski definition) is 1. The lowest BCUT2D eigenvalue weighted by molar-refractivity contribution is -0.137. The largest absolute Gasteiger partial charge is 0.305 e. The normalized spacial score (nSPS) is 27.1. The molecule has 2 amide bonds. The Morgan fingerprint density at radius 1 is 1.26 bits per heavy atom. The van der Waals surface area contributed by atoms with E-state index in [0.29, 0.717) is 12.3 Å². The number of likely N-dealkylation sites (N-methyl/N-ethyl adjacent to an activating group) is 1. The van der Waals surface area contributed by atoms with Crippen LogP contribution in [0.4, 0.5) is 0 Å². The van der Waals surface area contributed by atoms with Gasteiger partial charge < -0.3 is 10.2 Å². The van der Waals surface area contributed by atoms with Crippen molar-refractivity contribution in [2.45, 2.75) is 38.6 Å². The quantitative estimate of drug-likeness (QED) is 0.735. The van der Waals surface area contributed by atoms with Gasteiger partial charge in [0.2, 0.25) is 11.8 Å². The number of carbonyl (C=O) groups is 2. The monoisotopic (exact) mass is 267 g/mol. The van der Waals surface area contributed by atoms with Crippen LogP contribution in [-0.2, 0) is 9.59 Å². The number of hydrogen-bond acceptors (Lipinski definition) is 4. The Morgan fingerprint density at radius 3 is 2.53 bits per heavy atom. The zero-order valence-corrected chi connectivity index (χ0v) is 12.0. The molecule has 5 nitrogen and oxygen atoms in total. The molecule has 2 atom stereocenters. The molecular formula is C14H25N3O2. The molecule has 5 heteroatoms. The fourth-order valence-corrected chi connectivity index (χ4v) is 2.91. The summed E-state index contributed by atoms with van der Waals surface area (Å²) >= 11 is 0. The van der Waals surface area contributed by atoms with E-state index in [-0.39, 0.29) is 17.9 Å². The molecule has 2 aliphatic heterocycles. The zero-order valence-electron chi connectivity index (χ0n) is 12.0. The molecule has 0 aliphatic carbocycles. The number of likely N-dealkylation sites (tertiary alicyclic amines) is 2. The van der Waals surface area contributed by atoms with Crippen LogP contribution in [0.25, 0.3) is 0 Å². The van der Waals surface area contributed by atoms with Crippen LogP contribution < -0.4 is 5.32 Å². The third-order valence-corrected chi connectivity index (χ3v) is 4.11. The summed E-state index contributed by atoms with van der Waals surface area (Å²) in [5, 5.41) is 3.24. The zero-order chi connectivity index (χ0) is 13.8. The van der Waals surface area contributed by atoms with Gasteiger partial charge in [-0.25, -0.2) is 0 Å². The molecule has 2 heterocycles. The second kappa shape index (κ2) is 6.48. The fourth-order valence-electron chi connectivity index (χ4n) is 2.91. The van der Waals surface area contributed by atoms with Crippen LogP contribution in [0.3, 0.4) is 0 Å². The molecule has 0 aromatic heterocycles. The van der Waals surface area contributed by atoms with Crippen molar-refractivity contribution in [1.82, 2.24) is 15.1 Å². The molecule has 2 fully saturated rings. The van der Waals surface area contributed by atoms with Crippen molar-refractivity contribution >= 4 is 11.8 Å². The molecule has 108 valence electrons. The SMILES string of the molecule is CC(CNC1CC(=O)N(C)C1=O)CN1CCCCC1. The van der Waals surface area contributed by atoms with Gasteiger partial charge in [0.25, 0.3) is 0 Å². The molecule has 0 spiro atoms. The first-order chi connectivity index (χ1) is 9.08. The Morgan fingerprint density at radius 2 is 1.95 bits per heavy atom. The third kappa shape index (κ3) is 3.76. The van der Waals surface area contributed by atoms with Gasteiger partial charge in [0, 0.05) is 13.6 Å². The van der Waals surface area contributed by atoms with Crippen molar-refractivity contribution in [2.75, 3.05) is 33.2 Å². The average molecular weight is 267 g/mol. The second-order valence-corrected chi connectivity index (χ2v) is 5.92. The summed E-state index contributed by atoms with van der Waals surface area (Å²) in [6, 6.07) is -0.304. The Kier molecular flexibility index (Phi) is 4.93. The number of nitrogens with zero attached hydrogens (tertiary/aromatic N) is 2. The summed E-state index contributed by atoms with van der Waals surface area (Å²) in [4.78, 5) is 26.9. The molecule has 0 aromatic carbocycles. The average Bonchev–Trinajstić information content (AvgIpc) is 2.65. The molecule has 0 radical (unpaired) electrons. The highest BCUT2D eigenvalue weighted by Crippen LogP contribution is 2.13. The first-order valence-electron chi connectivity index (χ1n) is 7.34. The molecule has 0 aromatic rings. The number of carbonyl (C=O) groups excluding carboxylic acids is 2. The van der Waals surface area contributed by atoms with Crippen LogP contribution in [0.15, 0.2) is 0 Å². The lowest BCUT2D eigenvalue weighted by Gasteiger charge is -2.29. The van der Waals surface area contributed by atoms with Gasteiger partial charge in [0.1, 0.15) is 0 Å². The van der Waals surface area contributed by atoms with Crippen LogP contribution in [0.2, 0.25) is 0 Å².